The number of ether oxygens (including phenoxy) is 2. The van der Waals surface area contributed by atoms with Gasteiger partial charge in [-0.1, -0.05) is 30.1 Å². The average Bonchev–Trinajstić information content (AvgIpc) is 2.65. The highest BCUT2D eigenvalue weighted by molar-refractivity contribution is 6.35. The van der Waals surface area contributed by atoms with E-state index >= 15 is 0 Å². The molecule has 0 atom stereocenters. The molecule has 1 N–H and O–H groups in total. The predicted octanol–water partition coefficient (Wildman–Crippen LogP) is 5.49. The number of anilines is 1. The van der Waals surface area contributed by atoms with Gasteiger partial charge in [-0.2, -0.15) is 0 Å². The molecule has 0 aliphatic carbocycles. The Labute approximate surface area is 172 Å². The molecule has 2 aromatic carbocycles. The third kappa shape index (κ3) is 6.58. The van der Waals surface area contributed by atoms with Gasteiger partial charge in [-0.15, -0.1) is 0 Å². The molecule has 28 heavy (non-hydrogen) atoms. The van der Waals surface area contributed by atoms with Crippen molar-refractivity contribution < 1.29 is 19.2 Å². The lowest BCUT2D eigenvalue weighted by atomic mass is 10.2. The van der Waals surface area contributed by atoms with Crippen LogP contribution < -0.4 is 14.8 Å². The van der Waals surface area contributed by atoms with Crippen LogP contribution in [0.1, 0.15) is 26.2 Å². The number of rotatable bonds is 10. The third-order valence-corrected chi connectivity index (χ3v) is 4.14. The monoisotopic (exact) mass is 426 g/mol. The Bertz CT molecular complexity index is 845. The van der Waals surface area contributed by atoms with E-state index in [1.54, 1.807) is 24.3 Å². The maximum atomic E-state index is 12.1. The van der Waals surface area contributed by atoms with Gasteiger partial charge in [0.15, 0.2) is 0 Å². The summed E-state index contributed by atoms with van der Waals surface area (Å²) in [6, 6.07) is 9.22. The minimum absolute atomic E-state index is 0.125. The largest absolute Gasteiger partial charge is 0.493 e. The van der Waals surface area contributed by atoms with E-state index in [-0.39, 0.29) is 30.3 Å². The highest BCUT2D eigenvalue weighted by Crippen LogP contribution is 2.30. The van der Waals surface area contributed by atoms with E-state index in [4.69, 9.17) is 32.7 Å². The quantitative estimate of drug-likeness (QED) is 0.308. The first-order chi connectivity index (χ1) is 13.4. The molecule has 0 saturated heterocycles. The molecule has 9 heteroatoms. The summed E-state index contributed by atoms with van der Waals surface area (Å²) in [5, 5.41) is 14.7. The van der Waals surface area contributed by atoms with Crippen LogP contribution in [0.25, 0.3) is 0 Å². The molecule has 1 amide bonds. The fourth-order valence-corrected chi connectivity index (χ4v) is 2.76. The molecule has 2 aromatic rings. The van der Waals surface area contributed by atoms with Crippen LogP contribution in [0, 0.1) is 10.1 Å². The highest BCUT2D eigenvalue weighted by atomic mass is 35.5. The number of nitrogens with zero attached hydrogens (tertiary/aromatic N) is 1. The Morgan fingerprint density at radius 3 is 2.61 bits per heavy atom. The number of benzene rings is 2. The zero-order valence-electron chi connectivity index (χ0n) is 15.2. The summed E-state index contributed by atoms with van der Waals surface area (Å²) in [6.07, 6.45) is 1.34. The number of nitro benzene ring substituents is 1. The van der Waals surface area contributed by atoms with E-state index in [9.17, 15) is 14.9 Å². The minimum Gasteiger partial charge on any atom is -0.493 e. The molecular weight excluding hydrogens is 407 g/mol. The number of hydrogen-bond acceptors (Lipinski definition) is 5. The molecule has 150 valence electrons. The van der Waals surface area contributed by atoms with Crippen molar-refractivity contribution in [1.82, 2.24) is 0 Å². The zero-order valence-corrected chi connectivity index (χ0v) is 16.8. The number of hydrogen-bond donors (Lipinski definition) is 1. The van der Waals surface area contributed by atoms with Crippen LogP contribution in [0.3, 0.4) is 0 Å². The number of nitro groups is 1. The van der Waals surface area contributed by atoms with Crippen LogP contribution in [-0.2, 0) is 4.79 Å². The van der Waals surface area contributed by atoms with E-state index in [1.165, 1.54) is 12.1 Å². The van der Waals surface area contributed by atoms with Gasteiger partial charge in [0.2, 0.25) is 5.91 Å². The van der Waals surface area contributed by atoms with Crippen molar-refractivity contribution in [2.45, 2.75) is 26.2 Å². The smallest absolute Gasteiger partial charge is 0.296 e. The Hall–Kier alpha value is -2.51. The van der Waals surface area contributed by atoms with Gasteiger partial charge in [-0.3, -0.25) is 14.9 Å². The Kier molecular flexibility index (Phi) is 8.35. The first kappa shape index (κ1) is 21.8. The zero-order chi connectivity index (χ0) is 20.5. The van der Waals surface area contributed by atoms with Gasteiger partial charge >= 0.3 is 0 Å². The molecule has 7 nitrogen and oxygen atoms in total. The van der Waals surface area contributed by atoms with Crippen molar-refractivity contribution in [2.24, 2.45) is 0 Å². The number of carbonyl (C=O) groups is 1. The van der Waals surface area contributed by atoms with Gasteiger partial charge in [-0.05, 0) is 43.2 Å². The van der Waals surface area contributed by atoms with Crippen LogP contribution in [0.15, 0.2) is 36.4 Å². The Morgan fingerprint density at radius 2 is 1.93 bits per heavy atom. The SMILES string of the molecule is CCCOc1ccc(NC(=O)CCCOc2ccc(Cl)cc2Cl)c([N+](=O)[O-])c1. The molecular formula is C19H20Cl2N2O5. The van der Waals surface area contributed by atoms with E-state index in [1.807, 2.05) is 6.92 Å². The maximum Gasteiger partial charge on any atom is 0.296 e. The lowest BCUT2D eigenvalue weighted by Gasteiger charge is -2.10. The first-order valence-electron chi connectivity index (χ1n) is 8.69. The number of amides is 1. The number of nitrogens with one attached hydrogen (secondary N) is 1. The van der Waals surface area contributed by atoms with Gasteiger partial charge in [0.25, 0.3) is 5.69 Å². The molecule has 2 rings (SSSR count). The van der Waals surface area contributed by atoms with Gasteiger partial charge < -0.3 is 14.8 Å². The summed E-state index contributed by atoms with van der Waals surface area (Å²) in [4.78, 5) is 22.8. The summed E-state index contributed by atoms with van der Waals surface area (Å²) in [7, 11) is 0. The second-order valence-electron chi connectivity index (χ2n) is 5.86. The van der Waals surface area contributed by atoms with Crippen LogP contribution in [0.2, 0.25) is 10.0 Å². The molecule has 0 radical (unpaired) electrons. The Balaban J connectivity index is 1.87. The third-order valence-electron chi connectivity index (χ3n) is 3.61. The van der Waals surface area contributed by atoms with Crippen LogP contribution >= 0.6 is 23.2 Å². The molecule has 0 unspecified atom stereocenters. The molecule has 0 aromatic heterocycles. The molecule has 0 aliphatic heterocycles. The van der Waals surface area contributed by atoms with Gasteiger partial charge in [0, 0.05) is 11.4 Å². The fraction of sp³-hybridized carbons (Fsp3) is 0.316. The number of carbonyl (C=O) groups excluding carboxylic acids is 1. The van der Waals surface area contributed by atoms with Crippen molar-refractivity contribution in [3.8, 4) is 11.5 Å². The van der Waals surface area contributed by atoms with Crippen LogP contribution in [0.4, 0.5) is 11.4 Å². The average molecular weight is 427 g/mol. The summed E-state index contributed by atoms with van der Waals surface area (Å²) < 4.78 is 10.9. The molecule has 0 saturated carbocycles. The second kappa shape index (κ2) is 10.7. The number of halogens is 2. The van der Waals surface area contributed by atoms with Gasteiger partial charge in [-0.25, -0.2) is 0 Å². The minimum atomic E-state index is -0.555. The van der Waals surface area contributed by atoms with Crippen molar-refractivity contribution in [3.05, 3.63) is 56.6 Å². The normalized spacial score (nSPS) is 10.4. The molecule has 0 heterocycles. The summed E-state index contributed by atoms with van der Waals surface area (Å²) in [5.41, 5.74) is -0.0911. The van der Waals surface area contributed by atoms with Crippen molar-refractivity contribution in [3.63, 3.8) is 0 Å². The summed E-state index contributed by atoms with van der Waals surface area (Å²) in [6.45, 7) is 2.66. The van der Waals surface area contributed by atoms with E-state index < -0.39 is 4.92 Å². The van der Waals surface area contributed by atoms with Crippen molar-refractivity contribution >= 4 is 40.5 Å². The van der Waals surface area contributed by atoms with E-state index in [2.05, 4.69) is 5.32 Å². The van der Waals surface area contributed by atoms with Crippen LogP contribution in [-0.4, -0.2) is 24.0 Å². The summed E-state index contributed by atoms with van der Waals surface area (Å²) in [5.74, 6) is 0.515. The second-order valence-corrected chi connectivity index (χ2v) is 6.70. The van der Waals surface area contributed by atoms with Crippen LogP contribution in [0.5, 0.6) is 11.5 Å². The standard InChI is InChI=1S/C19H20Cl2N2O5/c1-2-9-27-14-6-7-16(17(12-14)23(25)26)22-19(24)4-3-10-28-18-8-5-13(20)11-15(18)21/h5-8,11-12H,2-4,9-10H2,1H3,(H,22,24). The molecule has 0 fully saturated rings. The van der Waals surface area contributed by atoms with E-state index in [0.717, 1.165) is 6.42 Å². The predicted molar refractivity (Wildman–Crippen MR) is 109 cm³/mol. The molecule has 0 aliphatic rings. The van der Waals surface area contributed by atoms with E-state index in [0.29, 0.717) is 34.6 Å². The van der Waals surface area contributed by atoms with Crippen molar-refractivity contribution in [2.75, 3.05) is 18.5 Å². The molecule has 0 spiro atoms. The van der Waals surface area contributed by atoms with Gasteiger partial charge in [0.1, 0.15) is 17.2 Å². The topological polar surface area (TPSA) is 90.7 Å². The van der Waals surface area contributed by atoms with Gasteiger partial charge in [0.05, 0.1) is 29.2 Å². The fourth-order valence-electron chi connectivity index (χ4n) is 2.30. The highest BCUT2D eigenvalue weighted by Gasteiger charge is 2.17. The Morgan fingerprint density at radius 1 is 1.14 bits per heavy atom. The molecule has 0 bridgehead atoms. The lowest BCUT2D eigenvalue weighted by molar-refractivity contribution is -0.384. The first-order valence-corrected chi connectivity index (χ1v) is 9.45. The maximum absolute atomic E-state index is 12.1. The lowest BCUT2D eigenvalue weighted by Crippen LogP contribution is -2.14. The summed E-state index contributed by atoms with van der Waals surface area (Å²) >= 11 is 11.8. The van der Waals surface area contributed by atoms with Crippen molar-refractivity contribution in [1.29, 1.82) is 0 Å².